The molecule has 21 heavy (non-hydrogen) atoms. The van der Waals surface area contributed by atoms with Crippen LogP contribution in [0.1, 0.15) is 39.7 Å². The molecule has 110 valence electrons. The summed E-state index contributed by atoms with van der Waals surface area (Å²) < 4.78 is 5.23. The van der Waals surface area contributed by atoms with Gasteiger partial charge in [-0.05, 0) is 38.5 Å². The van der Waals surface area contributed by atoms with Gasteiger partial charge in [-0.1, -0.05) is 6.07 Å². The van der Waals surface area contributed by atoms with Crippen molar-refractivity contribution in [3.05, 3.63) is 44.9 Å². The molecule has 0 aliphatic heterocycles. The number of rotatable bonds is 5. The first-order chi connectivity index (χ1) is 10.0. The molecular weight excluding hydrogens is 282 g/mol. The summed E-state index contributed by atoms with van der Waals surface area (Å²) in [5.41, 5.74) is 2.75. The molecule has 0 aliphatic rings. The maximum Gasteiger partial charge on any atom is 0.136 e. The van der Waals surface area contributed by atoms with Gasteiger partial charge in [-0.15, -0.1) is 11.3 Å². The van der Waals surface area contributed by atoms with E-state index in [2.05, 4.69) is 23.3 Å². The third-order valence-electron chi connectivity index (χ3n) is 3.33. The van der Waals surface area contributed by atoms with Crippen LogP contribution in [0.5, 0.6) is 5.75 Å². The Morgan fingerprint density at radius 2 is 2.19 bits per heavy atom. The van der Waals surface area contributed by atoms with Crippen molar-refractivity contribution in [3.63, 3.8) is 0 Å². The average Bonchev–Trinajstić information content (AvgIpc) is 2.83. The number of methoxy groups -OCH3 is 1. The molecule has 0 spiro atoms. The van der Waals surface area contributed by atoms with Crippen LogP contribution in [-0.4, -0.2) is 12.1 Å². The lowest BCUT2D eigenvalue weighted by atomic mass is 10.1. The zero-order chi connectivity index (χ0) is 15.4. The van der Waals surface area contributed by atoms with Crippen molar-refractivity contribution in [1.82, 2.24) is 10.3 Å². The molecule has 0 aliphatic carbocycles. The fourth-order valence-corrected chi connectivity index (χ4v) is 3.20. The largest absolute Gasteiger partial charge is 0.495 e. The van der Waals surface area contributed by atoms with Gasteiger partial charge in [0.25, 0.3) is 0 Å². The van der Waals surface area contributed by atoms with Gasteiger partial charge in [0.15, 0.2) is 0 Å². The van der Waals surface area contributed by atoms with Crippen LogP contribution in [0.3, 0.4) is 0 Å². The predicted octanol–water partition coefficient (Wildman–Crippen LogP) is 3.49. The smallest absolute Gasteiger partial charge is 0.136 e. The van der Waals surface area contributed by atoms with Crippen LogP contribution in [0.25, 0.3) is 0 Å². The standard InChI is InChI=1S/C16H19N3OS/c1-10(16-11(2)19-12(3)21-16)18-9-13-5-6-14(8-17)15(7-13)20-4/h5-7,10,18H,9H2,1-4H3. The van der Waals surface area contributed by atoms with Gasteiger partial charge in [0, 0.05) is 17.5 Å². The lowest BCUT2D eigenvalue weighted by Crippen LogP contribution is -2.18. The third-order valence-corrected chi connectivity index (χ3v) is 4.59. The molecule has 4 nitrogen and oxygen atoms in total. The molecule has 1 heterocycles. The first-order valence-electron chi connectivity index (χ1n) is 6.79. The second-order valence-corrected chi connectivity index (χ2v) is 6.17. The molecule has 0 bridgehead atoms. The summed E-state index contributed by atoms with van der Waals surface area (Å²) in [4.78, 5) is 5.73. The second-order valence-electron chi connectivity index (χ2n) is 4.93. The van der Waals surface area contributed by atoms with Crippen molar-refractivity contribution in [2.24, 2.45) is 0 Å². The maximum atomic E-state index is 8.99. The molecule has 0 radical (unpaired) electrons. The Hall–Kier alpha value is -1.90. The number of hydrogen-bond acceptors (Lipinski definition) is 5. The number of aryl methyl sites for hydroxylation is 2. The molecule has 0 saturated carbocycles. The fourth-order valence-electron chi connectivity index (χ4n) is 2.25. The molecule has 0 amide bonds. The van der Waals surface area contributed by atoms with Crippen LogP contribution >= 0.6 is 11.3 Å². The molecule has 0 saturated heterocycles. The van der Waals surface area contributed by atoms with Crippen molar-refractivity contribution < 1.29 is 4.74 Å². The number of hydrogen-bond donors (Lipinski definition) is 1. The minimum absolute atomic E-state index is 0.248. The van der Waals surface area contributed by atoms with Crippen molar-refractivity contribution in [3.8, 4) is 11.8 Å². The van der Waals surface area contributed by atoms with E-state index < -0.39 is 0 Å². The number of benzene rings is 1. The number of nitrogens with one attached hydrogen (secondary N) is 1. The summed E-state index contributed by atoms with van der Waals surface area (Å²) >= 11 is 1.73. The quantitative estimate of drug-likeness (QED) is 0.918. The van der Waals surface area contributed by atoms with Crippen LogP contribution in [0, 0.1) is 25.2 Å². The molecule has 1 aromatic heterocycles. The number of aromatic nitrogens is 1. The van der Waals surface area contributed by atoms with Gasteiger partial charge in [0.2, 0.25) is 0 Å². The fraction of sp³-hybridized carbons (Fsp3) is 0.375. The van der Waals surface area contributed by atoms with E-state index in [0.29, 0.717) is 11.3 Å². The molecule has 1 aromatic carbocycles. The van der Waals surface area contributed by atoms with Crippen LogP contribution in [0.2, 0.25) is 0 Å². The monoisotopic (exact) mass is 301 g/mol. The van der Waals surface area contributed by atoms with E-state index in [4.69, 9.17) is 10.00 Å². The van der Waals surface area contributed by atoms with E-state index in [1.807, 2.05) is 26.0 Å². The average molecular weight is 301 g/mol. The van der Waals surface area contributed by atoms with Crippen molar-refractivity contribution in [1.29, 1.82) is 5.26 Å². The predicted molar refractivity (Wildman–Crippen MR) is 84.6 cm³/mol. The molecule has 1 N–H and O–H groups in total. The van der Waals surface area contributed by atoms with Crippen LogP contribution < -0.4 is 10.1 Å². The maximum absolute atomic E-state index is 8.99. The molecule has 5 heteroatoms. The summed E-state index contributed by atoms with van der Waals surface area (Å²) in [6.45, 7) is 6.93. The van der Waals surface area contributed by atoms with Gasteiger partial charge < -0.3 is 10.1 Å². The Morgan fingerprint density at radius 3 is 2.76 bits per heavy atom. The highest BCUT2D eigenvalue weighted by molar-refractivity contribution is 7.11. The van der Waals surface area contributed by atoms with Gasteiger partial charge in [-0.3, -0.25) is 0 Å². The number of nitrogens with zero attached hydrogens (tertiary/aromatic N) is 2. The Bertz CT molecular complexity index is 673. The highest BCUT2D eigenvalue weighted by Crippen LogP contribution is 2.25. The highest BCUT2D eigenvalue weighted by atomic mass is 32.1. The molecule has 2 aromatic rings. The Kier molecular flexibility index (Phi) is 4.94. The van der Waals surface area contributed by atoms with E-state index in [0.717, 1.165) is 22.8 Å². The summed E-state index contributed by atoms with van der Waals surface area (Å²) in [5, 5.41) is 13.6. The number of nitriles is 1. The third kappa shape index (κ3) is 3.60. The topological polar surface area (TPSA) is 57.9 Å². The molecule has 1 atom stereocenters. The Morgan fingerprint density at radius 1 is 1.43 bits per heavy atom. The number of ether oxygens (including phenoxy) is 1. The Balaban J connectivity index is 2.06. The summed E-state index contributed by atoms with van der Waals surface area (Å²) in [6, 6.07) is 8.02. The van der Waals surface area contributed by atoms with Crippen molar-refractivity contribution >= 4 is 11.3 Å². The van der Waals surface area contributed by atoms with Crippen molar-refractivity contribution in [2.45, 2.75) is 33.4 Å². The summed E-state index contributed by atoms with van der Waals surface area (Å²) in [5.74, 6) is 0.620. The van der Waals surface area contributed by atoms with E-state index in [-0.39, 0.29) is 6.04 Å². The van der Waals surface area contributed by atoms with Crippen LogP contribution in [-0.2, 0) is 6.54 Å². The normalized spacial score (nSPS) is 12.0. The summed E-state index contributed by atoms with van der Waals surface area (Å²) in [7, 11) is 1.58. The summed E-state index contributed by atoms with van der Waals surface area (Å²) in [6.07, 6.45) is 0. The number of thiazole rings is 1. The van der Waals surface area contributed by atoms with Gasteiger partial charge in [0.1, 0.15) is 11.8 Å². The van der Waals surface area contributed by atoms with E-state index in [1.165, 1.54) is 4.88 Å². The van der Waals surface area contributed by atoms with Gasteiger partial charge >= 0.3 is 0 Å². The molecule has 2 rings (SSSR count). The van der Waals surface area contributed by atoms with E-state index in [1.54, 1.807) is 24.5 Å². The minimum atomic E-state index is 0.248. The van der Waals surface area contributed by atoms with Crippen LogP contribution in [0.4, 0.5) is 0 Å². The zero-order valence-corrected chi connectivity index (χ0v) is 13.5. The van der Waals surface area contributed by atoms with E-state index in [9.17, 15) is 0 Å². The lowest BCUT2D eigenvalue weighted by Gasteiger charge is -2.13. The van der Waals surface area contributed by atoms with Gasteiger partial charge in [-0.2, -0.15) is 5.26 Å². The minimum Gasteiger partial charge on any atom is -0.495 e. The molecule has 1 unspecified atom stereocenters. The SMILES string of the molecule is COc1cc(CNC(C)c2sc(C)nc2C)ccc1C#N. The second kappa shape index (κ2) is 6.70. The van der Waals surface area contributed by atoms with Gasteiger partial charge in [0.05, 0.1) is 23.4 Å². The molecular formula is C16H19N3OS. The van der Waals surface area contributed by atoms with Gasteiger partial charge in [-0.25, -0.2) is 4.98 Å². The van der Waals surface area contributed by atoms with Crippen LogP contribution in [0.15, 0.2) is 18.2 Å². The highest BCUT2D eigenvalue weighted by Gasteiger charge is 2.12. The van der Waals surface area contributed by atoms with E-state index >= 15 is 0 Å². The Labute approximate surface area is 129 Å². The lowest BCUT2D eigenvalue weighted by molar-refractivity contribution is 0.412. The first kappa shape index (κ1) is 15.5. The first-order valence-corrected chi connectivity index (χ1v) is 7.61. The molecule has 0 fully saturated rings. The zero-order valence-electron chi connectivity index (χ0n) is 12.7. The van der Waals surface area contributed by atoms with Crippen molar-refractivity contribution in [2.75, 3.05) is 7.11 Å².